The lowest BCUT2D eigenvalue weighted by Gasteiger charge is -2.13. The van der Waals surface area contributed by atoms with Crippen molar-refractivity contribution in [1.82, 2.24) is 0 Å². The van der Waals surface area contributed by atoms with Crippen molar-refractivity contribution in [2.75, 3.05) is 12.3 Å². The quantitative estimate of drug-likeness (QED) is 0.855. The summed E-state index contributed by atoms with van der Waals surface area (Å²) in [5.74, 6) is 0.406. The third-order valence-electron chi connectivity index (χ3n) is 2.82. The van der Waals surface area contributed by atoms with Gasteiger partial charge in [-0.2, -0.15) is 4.99 Å². The Morgan fingerprint density at radius 2 is 2.05 bits per heavy atom. The maximum absolute atomic E-state index is 11.9. The van der Waals surface area contributed by atoms with Gasteiger partial charge in [0.15, 0.2) is 5.84 Å². The van der Waals surface area contributed by atoms with E-state index in [-0.39, 0.29) is 29.8 Å². The van der Waals surface area contributed by atoms with E-state index < -0.39 is 5.91 Å². The number of nitrogens with two attached hydrogens (primary N) is 1. The Morgan fingerprint density at radius 3 is 2.82 bits per heavy atom. The average molecular weight is 321 g/mol. The van der Waals surface area contributed by atoms with Gasteiger partial charge in [0.25, 0.3) is 0 Å². The summed E-state index contributed by atoms with van der Waals surface area (Å²) in [7, 11) is 0. The van der Waals surface area contributed by atoms with Crippen LogP contribution in [0.25, 0.3) is 0 Å². The van der Waals surface area contributed by atoms with E-state index in [2.05, 4.69) is 25.4 Å². The number of rotatable bonds is 4. The minimum Gasteiger partial charge on any atom is -0.493 e. The van der Waals surface area contributed by atoms with Crippen LogP contribution in [0.15, 0.2) is 43.6 Å². The highest BCUT2D eigenvalue weighted by Crippen LogP contribution is 2.25. The molecule has 0 saturated heterocycles. The van der Waals surface area contributed by atoms with Crippen molar-refractivity contribution in [1.29, 1.82) is 0 Å². The molecule has 9 heteroatoms. The van der Waals surface area contributed by atoms with E-state index >= 15 is 0 Å². The van der Waals surface area contributed by atoms with Crippen molar-refractivity contribution >= 4 is 41.4 Å². The molecule has 0 radical (unpaired) electrons. The molecule has 0 aromatic heterocycles. The van der Waals surface area contributed by atoms with E-state index in [9.17, 15) is 4.79 Å². The number of amides is 1. The molecule has 22 heavy (non-hydrogen) atoms. The fraction of sp³-hybridized carbons (Fsp3) is 0.231. The topological polar surface area (TPSA) is 114 Å². The predicted molar refractivity (Wildman–Crippen MR) is 85.2 cm³/mol. The summed E-state index contributed by atoms with van der Waals surface area (Å²) in [5.41, 5.74) is 6.92. The normalized spacial score (nSPS) is 15.5. The van der Waals surface area contributed by atoms with Crippen LogP contribution in [0.1, 0.15) is 18.9 Å². The van der Waals surface area contributed by atoms with E-state index in [1.807, 2.05) is 6.92 Å². The molecule has 0 aliphatic carbocycles. The van der Waals surface area contributed by atoms with Crippen molar-refractivity contribution in [2.24, 2.45) is 25.4 Å². The summed E-state index contributed by atoms with van der Waals surface area (Å²) in [6.45, 7) is 2.54. The van der Waals surface area contributed by atoms with Gasteiger partial charge in [-0.1, -0.05) is 6.92 Å². The first kappa shape index (κ1) is 15.8. The third-order valence-corrected chi connectivity index (χ3v) is 2.82. The summed E-state index contributed by atoms with van der Waals surface area (Å²) in [6, 6.07) is 5.11. The highest BCUT2D eigenvalue weighted by molar-refractivity contribution is 6.69. The van der Waals surface area contributed by atoms with E-state index in [0.29, 0.717) is 23.6 Å². The molecule has 0 spiro atoms. The molecule has 0 unspecified atom stereocenters. The van der Waals surface area contributed by atoms with Crippen LogP contribution < -0.4 is 10.5 Å². The number of aliphatic imine (C=N–C) groups is 2. The van der Waals surface area contributed by atoms with Crippen LogP contribution in [0.5, 0.6) is 5.75 Å². The zero-order valence-electron chi connectivity index (χ0n) is 11.7. The SMILES string of the molecule is CCCOc1ccc(N)cc1C1=NC(=O)C2=NN=NC2=N1.Cl. The Hall–Kier alpha value is -2.61. The van der Waals surface area contributed by atoms with Gasteiger partial charge in [0.2, 0.25) is 11.5 Å². The monoisotopic (exact) mass is 320 g/mol. The number of hydrogen-bond donors (Lipinski definition) is 1. The second-order valence-corrected chi connectivity index (χ2v) is 4.42. The van der Waals surface area contributed by atoms with Crippen molar-refractivity contribution < 1.29 is 9.53 Å². The molecule has 8 nitrogen and oxygen atoms in total. The van der Waals surface area contributed by atoms with Gasteiger partial charge >= 0.3 is 5.91 Å². The van der Waals surface area contributed by atoms with Crippen LogP contribution in [-0.4, -0.2) is 29.9 Å². The summed E-state index contributed by atoms with van der Waals surface area (Å²) in [5, 5.41) is 10.7. The van der Waals surface area contributed by atoms with Crippen LogP contribution in [0, 0.1) is 0 Å². The maximum Gasteiger partial charge on any atom is 0.303 e. The number of carbonyl (C=O) groups is 1. The van der Waals surface area contributed by atoms with Gasteiger partial charge in [-0.25, -0.2) is 4.99 Å². The number of hydrogen-bond acceptors (Lipinski definition) is 7. The Balaban J connectivity index is 0.00000176. The number of carbonyl (C=O) groups excluding carboxylic acids is 1. The summed E-state index contributed by atoms with van der Waals surface area (Å²) in [6.07, 6.45) is 0.856. The Labute approximate surface area is 132 Å². The molecule has 2 N–H and O–H groups in total. The van der Waals surface area contributed by atoms with Gasteiger partial charge in [0.05, 0.1) is 12.2 Å². The lowest BCUT2D eigenvalue weighted by molar-refractivity contribution is -0.111. The summed E-state index contributed by atoms with van der Waals surface area (Å²) >= 11 is 0. The number of benzene rings is 1. The molecule has 2 aliphatic heterocycles. The number of nitrogen functional groups attached to an aromatic ring is 1. The maximum atomic E-state index is 11.9. The Bertz CT molecular complexity index is 738. The standard InChI is InChI=1S/C13H12N6O2.ClH/c1-2-5-21-9-4-3-7(14)6-8(9)11-15-12-10(13(20)16-11)17-19-18-12;/h3-4,6H,2,5,14H2,1H3;1H. The predicted octanol–water partition coefficient (Wildman–Crippen LogP) is 1.99. The molecule has 2 heterocycles. The van der Waals surface area contributed by atoms with Crippen molar-refractivity contribution in [3.8, 4) is 5.75 Å². The molecule has 0 fully saturated rings. The molecule has 0 saturated carbocycles. The minimum atomic E-state index is -0.524. The fourth-order valence-electron chi connectivity index (χ4n) is 1.87. The fourth-order valence-corrected chi connectivity index (χ4v) is 1.87. The summed E-state index contributed by atoms with van der Waals surface area (Å²) in [4.78, 5) is 20.0. The van der Waals surface area contributed by atoms with Crippen LogP contribution in [0.4, 0.5) is 5.69 Å². The number of halogens is 1. The van der Waals surface area contributed by atoms with Gasteiger partial charge in [-0.3, -0.25) is 4.79 Å². The van der Waals surface area contributed by atoms with E-state index in [1.165, 1.54) is 0 Å². The average Bonchev–Trinajstić information content (AvgIpc) is 2.95. The van der Waals surface area contributed by atoms with Gasteiger partial charge in [-0.05, 0) is 29.8 Å². The zero-order valence-corrected chi connectivity index (χ0v) is 12.5. The highest BCUT2D eigenvalue weighted by Gasteiger charge is 2.29. The molecule has 0 bridgehead atoms. The van der Waals surface area contributed by atoms with E-state index in [0.717, 1.165) is 6.42 Å². The molecule has 0 atom stereocenters. The molecule has 114 valence electrons. The Kier molecular flexibility index (Phi) is 4.62. The number of nitrogens with zero attached hydrogens (tertiary/aromatic N) is 5. The second kappa shape index (κ2) is 6.44. The van der Waals surface area contributed by atoms with Gasteiger partial charge in [-0.15, -0.1) is 22.6 Å². The molecule has 1 amide bonds. The number of anilines is 1. The van der Waals surface area contributed by atoms with Crippen LogP contribution in [-0.2, 0) is 4.79 Å². The largest absolute Gasteiger partial charge is 0.493 e. The Morgan fingerprint density at radius 1 is 1.23 bits per heavy atom. The van der Waals surface area contributed by atoms with Crippen molar-refractivity contribution in [2.45, 2.75) is 13.3 Å². The van der Waals surface area contributed by atoms with E-state index in [1.54, 1.807) is 18.2 Å². The third kappa shape index (κ3) is 2.86. The van der Waals surface area contributed by atoms with Crippen molar-refractivity contribution in [3.05, 3.63) is 23.8 Å². The lowest BCUT2D eigenvalue weighted by Crippen LogP contribution is -2.26. The van der Waals surface area contributed by atoms with Crippen LogP contribution in [0.3, 0.4) is 0 Å². The first-order chi connectivity index (χ1) is 10.2. The zero-order chi connectivity index (χ0) is 14.8. The number of fused-ring (bicyclic) bond motifs is 1. The first-order valence-electron chi connectivity index (χ1n) is 6.42. The molecule has 1 aromatic rings. The van der Waals surface area contributed by atoms with Gasteiger partial charge in [0, 0.05) is 5.69 Å². The molecule has 3 rings (SSSR count). The van der Waals surface area contributed by atoms with Crippen molar-refractivity contribution in [3.63, 3.8) is 0 Å². The van der Waals surface area contributed by atoms with Crippen LogP contribution in [0.2, 0.25) is 0 Å². The molecular formula is C13H13ClN6O2. The van der Waals surface area contributed by atoms with Crippen LogP contribution >= 0.6 is 12.4 Å². The smallest absolute Gasteiger partial charge is 0.303 e. The molecular weight excluding hydrogens is 308 g/mol. The second-order valence-electron chi connectivity index (χ2n) is 4.42. The number of ether oxygens (including phenoxy) is 1. The van der Waals surface area contributed by atoms with Gasteiger partial charge < -0.3 is 10.5 Å². The number of amidine groups is 2. The van der Waals surface area contributed by atoms with Gasteiger partial charge in [0.1, 0.15) is 5.75 Å². The summed E-state index contributed by atoms with van der Waals surface area (Å²) < 4.78 is 5.64. The highest BCUT2D eigenvalue weighted by atomic mass is 35.5. The first-order valence-corrected chi connectivity index (χ1v) is 6.42. The molecule has 1 aromatic carbocycles. The minimum absolute atomic E-state index is 0. The van der Waals surface area contributed by atoms with E-state index in [4.69, 9.17) is 10.5 Å². The molecule has 2 aliphatic rings. The lowest BCUT2D eigenvalue weighted by atomic mass is 10.1.